The quantitative estimate of drug-likeness (QED) is 0.651. The number of amides is 1. The number of nitrogens with zero attached hydrogens (tertiary/aromatic N) is 2. The summed E-state index contributed by atoms with van der Waals surface area (Å²) in [6, 6.07) is 8.37. The number of aromatic hydroxyl groups is 1. The van der Waals surface area contributed by atoms with Gasteiger partial charge in [-0.05, 0) is 52.9 Å². The maximum atomic E-state index is 12.0. The van der Waals surface area contributed by atoms with Crippen LogP contribution in [-0.2, 0) is 0 Å². The summed E-state index contributed by atoms with van der Waals surface area (Å²) in [6.45, 7) is 0. The molecule has 0 radical (unpaired) electrons. The molecule has 100 valence electrons. The number of anilines is 1. The first-order valence-electron chi connectivity index (χ1n) is 5.64. The van der Waals surface area contributed by atoms with E-state index in [-0.39, 0.29) is 11.7 Å². The molecule has 0 fully saturated rings. The summed E-state index contributed by atoms with van der Waals surface area (Å²) in [5, 5.41) is 12.6. The smallest absolute Gasteiger partial charge is 0.276 e. The number of fused-ring (bicyclic) bond motifs is 1. The summed E-state index contributed by atoms with van der Waals surface area (Å²) in [5.74, 6) is -0.122. The van der Waals surface area contributed by atoms with Gasteiger partial charge in [0.2, 0.25) is 0 Å². The van der Waals surface area contributed by atoms with E-state index >= 15 is 0 Å². The molecule has 0 saturated carbocycles. The summed E-state index contributed by atoms with van der Waals surface area (Å²) >= 11 is 3.43. The molecule has 20 heavy (non-hydrogen) atoms. The van der Waals surface area contributed by atoms with Gasteiger partial charge in [-0.25, -0.2) is 9.97 Å². The van der Waals surface area contributed by atoms with Crippen LogP contribution in [0.1, 0.15) is 10.5 Å². The third-order valence-corrected chi connectivity index (χ3v) is 4.12. The molecule has 0 aliphatic heterocycles. The molecule has 2 heterocycles. The van der Waals surface area contributed by atoms with E-state index in [2.05, 4.69) is 37.9 Å². The van der Waals surface area contributed by atoms with E-state index in [4.69, 9.17) is 0 Å². The van der Waals surface area contributed by atoms with Gasteiger partial charge < -0.3 is 5.11 Å². The van der Waals surface area contributed by atoms with Gasteiger partial charge in [0.25, 0.3) is 5.91 Å². The molecule has 0 spiro atoms. The molecule has 2 aromatic heterocycles. The molecule has 0 saturated heterocycles. The number of pyridine rings is 1. The Balaban J connectivity index is 1.85. The van der Waals surface area contributed by atoms with Crippen LogP contribution in [0.25, 0.3) is 10.2 Å². The Hall–Kier alpha value is -1.74. The highest BCUT2D eigenvalue weighted by molar-refractivity contribution is 14.1. The van der Waals surface area contributed by atoms with E-state index in [1.807, 2.05) is 6.07 Å². The van der Waals surface area contributed by atoms with E-state index in [9.17, 15) is 9.90 Å². The highest BCUT2D eigenvalue weighted by atomic mass is 127. The molecule has 7 heteroatoms. The zero-order valence-corrected chi connectivity index (χ0v) is 13.0. The van der Waals surface area contributed by atoms with Crippen molar-refractivity contribution < 1.29 is 9.90 Å². The largest absolute Gasteiger partial charge is 0.508 e. The Morgan fingerprint density at radius 2 is 2.15 bits per heavy atom. The number of hydrogen-bond donors (Lipinski definition) is 2. The number of carbonyl (C=O) groups excluding carboxylic acids is 1. The number of phenolic OH excluding ortho intramolecular Hbond substituents is 1. The van der Waals surface area contributed by atoms with Crippen LogP contribution in [0.2, 0.25) is 0 Å². The average Bonchev–Trinajstić information content (AvgIpc) is 2.80. The van der Waals surface area contributed by atoms with Crippen molar-refractivity contribution in [2.45, 2.75) is 0 Å². The number of halogens is 1. The number of thiazole rings is 1. The molecule has 0 aliphatic carbocycles. The Bertz CT molecular complexity index is 786. The second-order valence-corrected chi connectivity index (χ2v) is 6.26. The fourth-order valence-corrected chi connectivity index (χ4v) is 2.85. The summed E-state index contributed by atoms with van der Waals surface area (Å²) < 4.78 is 1.78. The maximum Gasteiger partial charge on any atom is 0.276 e. The number of aromatic nitrogens is 2. The van der Waals surface area contributed by atoms with Crippen LogP contribution >= 0.6 is 33.9 Å². The van der Waals surface area contributed by atoms with Crippen molar-refractivity contribution in [2.75, 3.05) is 5.32 Å². The van der Waals surface area contributed by atoms with Gasteiger partial charge >= 0.3 is 0 Å². The monoisotopic (exact) mass is 397 g/mol. The Morgan fingerprint density at radius 3 is 2.90 bits per heavy atom. The number of carbonyl (C=O) groups is 1. The van der Waals surface area contributed by atoms with Crippen molar-refractivity contribution in [1.82, 2.24) is 9.97 Å². The van der Waals surface area contributed by atoms with E-state index in [0.717, 1.165) is 13.8 Å². The molecule has 0 aliphatic rings. The molecule has 0 bridgehead atoms. The molecule has 0 unspecified atom stereocenters. The minimum absolute atomic E-state index is 0.179. The summed E-state index contributed by atoms with van der Waals surface area (Å²) in [4.78, 5) is 20.4. The third kappa shape index (κ3) is 2.73. The summed E-state index contributed by atoms with van der Waals surface area (Å²) in [6.07, 6.45) is 1.63. The fraction of sp³-hybridized carbons (Fsp3) is 0. The number of benzene rings is 1. The normalized spacial score (nSPS) is 10.7. The fourth-order valence-electron chi connectivity index (χ4n) is 1.64. The number of nitrogens with one attached hydrogen (secondary N) is 1. The topological polar surface area (TPSA) is 75.1 Å². The van der Waals surface area contributed by atoms with Crippen LogP contribution in [0, 0.1) is 3.57 Å². The van der Waals surface area contributed by atoms with E-state index in [1.54, 1.807) is 30.5 Å². The zero-order chi connectivity index (χ0) is 14.1. The van der Waals surface area contributed by atoms with Gasteiger partial charge in [0, 0.05) is 9.77 Å². The molecule has 2 N–H and O–H groups in total. The predicted octanol–water partition coefficient (Wildman–Crippen LogP) is 3.25. The van der Waals surface area contributed by atoms with Gasteiger partial charge in [-0.2, -0.15) is 0 Å². The van der Waals surface area contributed by atoms with Crippen molar-refractivity contribution in [1.29, 1.82) is 0 Å². The average molecular weight is 397 g/mol. The van der Waals surface area contributed by atoms with Crippen LogP contribution < -0.4 is 5.32 Å². The Kier molecular flexibility index (Phi) is 3.53. The lowest BCUT2D eigenvalue weighted by Gasteiger charge is -2.00. The lowest BCUT2D eigenvalue weighted by Crippen LogP contribution is -2.13. The van der Waals surface area contributed by atoms with Crippen LogP contribution in [0.3, 0.4) is 0 Å². The first kappa shape index (κ1) is 13.3. The van der Waals surface area contributed by atoms with Gasteiger partial charge in [0.1, 0.15) is 11.4 Å². The second-order valence-electron chi connectivity index (χ2n) is 3.99. The molecule has 1 amide bonds. The Labute approximate surface area is 131 Å². The van der Waals surface area contributed by atoms with Crippen molar-refractivity contribution >= 4 is 55.2 Å². The van der Waals surface area contributed by atoms with E-state index in [0.29, 0.717) is 10.8 Å². The van der Waals surface area contributed by atoms with Crippen molar-refractivity contribution in [2.24, 2.45) is 0 Å². The molecular formula is C13H8IN3O2S. The van der Waals surface area contributed by atoms with Gasteiger partial charge in [-0.3, -0.25) is 10.1 Å². The van der Waals surface area contributed by atoms with Gasteiger partial charge in [-0.1, -0.05) is 11.3 Å². The van der Waals surface area contributed by atoms with Crippen LogP contribution in [0.15, 0.2) is 36.5 Å². The zero-order valence-electron chi connectivity index (χ0n) is 10.0. The van der Waals surface area contributed by atoms with Gasteiger partial charge in [-0.15, -0.1) is 0 Å². The molecular weight excluding hydrogens is 389 g/mol. The van der Waals surface area contributed by atoms with Crippen LogP contribution in [0.4, 0.5) is 5.13 Å². The molecule has 5 nitrogen and oxygen atoms in total. The first-order chi connectivity index (χ1) is 9.61. The lowest BCUT2D eigenvalue weighted by atomic mass is 10.3. The first-order valence-corrected chi connectivity index (χ1v) is 7.54. The second kappa shape index (κ2) is 5.33. The number of hydrogen-bond acceptors (Lipinski definition) is 5. The van der Waals surface area contributed by atoms with Gasteiger partial charge in [0.15, 0.2) is 5.13 Å². The lowest BCUT2D eigenvalue weighted by molar-refractivity contribution is 0.102. The van der Waals surface area contributed by atoms with E-state index in [1.165, 1.54) is 11.3 Å². The molecule has 3 aromatic rings. The van der Waals surface area contributed by atoms with Crippen LogP contribution in [0.5, 0.6) is 5.75 Å². The Morgan fingerprint density at radius 1 is 1.30 bits per heavy atom. The number of phenols is 1. The minimum atomic E-state index is -0.301. The predicted molar refractivity (Wildman–Crippen MR) is 86.2 cm³/mol. The van der Waals surface area contributed by atoms with E-state index < -0.39 is 0 Å². The van der Waals surface area contributed by atoms with Gasteiger partial charge in [0.05, 0.1) is 10.2 Å². The van der Waals surface area contributed by atoms with Crippen molar-refractivity contribution in [3.63, 3.8) is 0 Å². The van der Waals surface area contributed by atoms with Crippen molar-refractivity contribution in [3.8, 4) is 5.75 Å². The molecule has 1 aromatic carbocycles. The third-order valence-electron chi connectivity index (χ3n) is 2.55. The maximum absolute atomic E-state index is 12.0. The van der Waals surface area contributed by atoms with Crippen LogP contribution in [-0.4, -0.2) is 21.0 Å². The highest BCUT2D eigenvalue weighted by Gasteiger charge is 2.11. The summed E-state index contributed by atoms with van der Waals surface area (Å²) in [5.41, 5.74) is 1.08. The standard InChI is InChI=1S/C13H8IN3O2S/c14-7-1-3-10(15-6-7)12(19)17-13-16-9-4-2-8(18)5-11(9)20-13/h1-6,18H,(H,16,17,19). The van der Waals surface area contributed by atoms with Crippen molar-refractivity contribution in [3.05, 3.63) is 45.8 Å². The molecule has 3 rings (SSSR count). The molecule has 0 atom stereocenters. The number of rotatable bonds is 2. The SMILES string of the molecule is O=C(Nc1nc2ccc(O)cc2s1)c1ccc(I)cn1. The summed E-state index contributed by atoms with van der Waals surface area (Å²) in [7, 11) is 0. The highest BCUT2D eigenvalue weighted by Crippen LogP contribution is 2.28. The minimum Gasteiger partial charge on any atom is -0.508 e.